The lowest BCUT2D eigenvalue weighted by molar-refractivity contribution is -0.144. The number of nitrogens with zero attached hydrogens (tertiary/aromatic N) is 6. The highest BCUT2D eigenvalue weighted by molar-refractivity contribution is 5.76. The van der Waals surface area contributed by atoms with Crippen LogP contribution in [-0.4, -0.2) is 46.6 Å². The number of fused-ring (bicyclic) bond motifs is 1. The fourth-order valence-electron chi connectivity index (χ4n) is 2.32. The molecular formula is C13H9F3N8O. The van der Waals surface area contributed by atoms with Crippen LogP contribution >= 0.6 is 0 Å². The highest BCUT2D eigenvalue weighted by Crippen LogP contribution is 2.32. The van der Waals surface area contributed by atoms with Crippen molar-refractivity contribution in [2.24, 2.45) is 0 Å². The summed E-state index contributed by atoms with van der Waals surface area (Å²) in [5.74, 6) is -0.884. The summed E-state index contributed by atoms with van der Waals surface area (Å²) in [5, 5.41) is 5.51. The minimum atomic E-state index is -4.64. The molecule has 0 saturated heterocycles. The number of aromatic nitrogens is 8. The predicted octanol–water partition coefficient (Wildman–Crippen LogP) is 1.93. The van der Waals surface area contributed by atoms with Crippen molar-refractivity contribution >= 4 is 5.78 Å². The summed E-state index contributed by atoms with van der Waals surface area (Å²) in [6.07, 6.45) is -0.0612. The van der Waals surface area contributed by atoms with Crippen LogP contribution in [0.15, 0.2) is 24.8 Å². The molecule has 0 unspecified atom stereocenters. The van der Waals surface area contributed by atoms with E-state index in [4.69, 9.17) is 4.74 Å². The van der Waals surface area contributed by atoms with E-state index in [0.717, 1.165) is 0 Å². The molecule has 0 radical (unpaired) electrons. The zero-order valence-corrected chi connectivity index (χ0v) is 12.5. The van der Waals surface area contributed by atoms with Crippen LogP contribution < -0.4 is 4.74 Å². The molecule has 0 saturated carbocycles. The second kappa shape index (κ2) is 5.29. The van der Waals surface area contributed by atoms with E-state index >= 15 is 0 Å². The minimum Gasteiger partial charge on any atom is -0.481 e. The predicted molar refractivity (Wildman–Crippen MR) is 77.5 cm³/mol. The standard InChI is InChI=1S/C13H9F3N8O/c1-25-7-2-3-24-9(6-4-17-5-18-6)8(20-12(24)19-7)10-21-11(23-22-10)13(14,15)16/h2-5H,1H3,(H,17,18)(H,21,22,23). The number of hydrogen-bond acceptors (Lipinski definition) is 6. The van der Waals surface area contributed by atoms with Gasteiger partial charge in [0.05, 0.1) is 25.3 Å². The molecule has 0 bridgehead atoms. The van der Waals surface area contributed by atoms with Crippen molar-refractivity contribution in [2.45, 2.75) is 6.18 Å². The van der Waals surface area contributed by atoms with E-state index in [0.29, 0.717) is 17.3 Å². The van der Waals surface area contributed by atoms with Gasteiger partial charge in [-0.15, -0.1) is 0 Å². The van der Waals surface area contributed by atoms with Crippen molar-refractivity contribution in [3.63, 3.8) is 0 Å². The first-order chi connectivity index (χ1) is 12.0. The Morgan fingerprint density at radius 1 is 1.20 bits per heavy atom. The molecule has 0 spiro atoms. The van der Waals surface area contributed by atoms with Crippen molar-refractivity contribution < 1.29 is 17.9 Å². The maximum absolute atomic E-state index is 12.8. The first-order valence-corrected chi connectivity index (χ1v) is 6.89. The van der Waals surface area contributed by atoms with Crippen LogP contribution in [0.4, 0.5) is 13.2 Å². The Labute approximate surface area is 136 Å². The number of halogens is 3. The monoisotopic (exact) mass is 350 g/mol. The molecule has 0 aliphatic rings. The van der Waals surface area contributed by atoms with Crippen LogP contribution in [0.1, 0.15) is 5.82 Å². The zero-order valence-electron chi connectivity index (χ0n) is 12.5. The first-order valence-electron chi connectivity index (χ1n) is 6.89. The second-order valence-corrected chi connectivity index (χ2v) is 4.92. The average Bonchev–Trinajstić information content (AvgIpc) is 3.30. The summed E-state index contributed by atoms with van der Waals surface area (Å²) in [7, 11) is 1.45. The third-order valence-corrected chi connectivity index (χ3v) is 3.40. The SMILES string of the molecule is COc1ccn2c(-c3cnc[nH]3)c(-c3n[nH]c(C(F)(F)F)n3)nc2n1. The number of aromatic amines is 2. The molecule has 9 nitrogen and oxygen atoms in total. The Kier molecular flexibility index (Phi) is 3.20. The van der Waals surface area contributed by atoms with E-state index in [1.54, 1.807) is 16.7 Å². The fourth-order valence-corrected chi connectivity index (χ4v) is 2.32. The van der Waals surface area contributed by atoms with Gasteiger partial charge in [-0.1, -0.05) is 0 Å². The van der Waals surface area contributed by atoms with Crippen LogP contribution in [0.25, 0.3) is 28.7 Å². The molecule has 128 valence electrons. The lowest BCUT2D eigenvalue weighted by atomic mass is 10.2. The Morgan fingerprint density at radius 3 is 2.68 bits per heavy atom. The molecule has 2 N–H and O–H groups in total. The largest absolute Gasteiger partial charge is 0.481 e. The molecule has 4 heterocycles. The van der Waals surface area contributed by atoms with Crippen molar-refractivity contribution in [1.29, 1.82) is 0 Å². The Morgan fingerprint density at radius 2 is 2.04 bits per heavy atom. The van der Waals surface area contributed by atoms with E-state index in [-0.39, 0.29) is 17.3 Å². The molecule has 0 aliphatic carbocycles. The molecule has 0 fully saturated rings. The summed E-state index contributed by atoms with van der Waals surface area (Å²) in [5.41, 5.74) is 1.07. The lowest BCUT2D eigenvalue weighted by Gasteiger charge is -2.02. The number of ether oxygens (including phenoxy) is 1. The van der Waals surface area contributed by atoms with Crippen molar-refractivity contribution in [3.8, 4) is 28.8 Å². The summed E-state index contributed by atoms with van der Waals surface area (Å²) in [6.45, 7) is 0. The smallest absolute Gasteiger partial charge is 0.451 e. The molecule has 4 aromatic rings. The van der Waals surface area contributed by atoms with Crippen LogP contribution in [0.2, 0.25) is 0 Å². The lowest BCUT2D eigenvalue weighted by Crippen LogP contribution is -2.07. The van der Waals surface area contributed by atoms with E-state index in [9.17, 15) is 13.2 Å². The van der Waals surface area contributed by atoms with Crippen LogP contribution in [-0.2, 0) is 6.18 Å². The summed E-state index contributed by atoms with van der Waals surface area (Å²) in [4.78, 5) is 18.7. The Hall–Kier alpha value is -3.44. The molecule has 25 heavy (non-hydrogen) atoms. The maximum atomic E-state index is 12.8. The summed E-state index contributed by atoms with van der Waals surface area (Å²) >= 11 is 0. The van der Waals surface area contributed by atoms with Crippen LogP contribution in [0.5, 0.6) is 5.88 Å². The fraction of sp³-hybridized carbons (Fsp3) is 0.154. The molecule has 0 aromatic carbocycles. The third kappa shape index (κ3) is 2.47. The number of imidazole rings is 2. The Bertz CT molecular complexity index is 1030. The quantitative estimate of drug-likeness (QED) is 0.584. The average molecular weight is 350 g/mol. The van der Waals surface area contributed by atoms with E-state index in [2.05, 4.69) is 30.0 Å². The third-order valence-electron chi connectivity index (χ3n) is 3.40. The highest BCUT2D eigenvalue weighted by Gasteiger charge is 2.36. The maximum Gasteiger partial charge on any atom is 0.451 e. The first kappa shape index (κ1) is 15.1. The van der Waals surface area contributed by atoms with E-state index < -0.39 is 12.0 Å². The van der Waals surface area contributed by atoms with Gasteiger partial charge >= 0.3 is 6.18 Å². The molecular weight excluding hydrogens is 341 g/mol. The highest BCUT2D eigenvalue weighted by atomic mass is 19.4. The van der Waals surface area contributed by atoms with E-state index in [1.807, 2.05) is 5.10 Å². The van der Waals surface area contributed by atoms with Gasteiger partial charge in [-0.25, -0.2) is 15.0 Å². The van der Waals surface area contributed by atoms with Gasteiger partial charge in [0.2, 0.25) is 23.3 Å². The molecule has 4 rings (SSSR count). The normalized spacial score (nSPS) is 12.0. The number of rotatable bonds is 3. The number of methoxy groups -OCH3 is 1. The number of hydrogen-bond donors (Lipinski definition) is 2. The van der Waals surface area contributed by atoms with Crippen molar-refractivity contribution in [3.05, 3.63) is 30.6 Å². The molecule has 0 atom stereocenters. The zero-order chi connectivity index (χ0) is 17.6. The van der Waals surface area contributed by atoms with E-state index in [1.165, 1.54) is 19.6 Å². The summed E-state index contributed by atoms with van der Waals surface area (Å²) in [6, 6.07) is 1.59. The van der Waals surface area contributed by atoms with Crippen molar-refractivity contribution in [2.75, 3.05) is 7.11 Å². The minimum absolute atomic E-state index is 0.122. The van der Waals surface area contributed by atoms with Crippen LogP contribution in [0.3, 0.4) is 0 Å². The van der Waals surface area contributed by atoms with Gasteiger partial charge in [-0.3, -0.25) is 9.50 Å². The number of nitrogens with one attached hydrogen (secondary N) is 2. The molecule has 0 amide bonds. The summed E-state index contributed by atoms with van der Waals surface area (Å²) < 4.78 is 45.0. The van der Waals surface area contributed by atoms with Gasteiger partial charge in [0, 0.05) is 12.3 Å². The van der Waals surface area contributed by atoms with Gasteiger partial charge in [0.25, 0.3) is 0 Å². The topological polar surface area (TPSA) is 110 Å². The van der Waals surface area contributed by atoms with Crippen LogP contribution in [0, 0.1) is 0 Å². The molecule has 0 aliphatic heterocycles. The van der Waals surface area contributed by atoms with Gasteiger partial charge in [0.15, 0.2) is 0 Å². The Balaban J connectivity index is 1.96. The number of H-pyrrole nitrogens is 2. The number of alkyl halides is 3. The van der Waals surface area contributed by atoms with Gasteiger partial charge in [0.1, 0.15) is 11.4 Å². The second-order valence-electron chi connectivity index (χ2n) is 4.92. The van der Waals surface area contributed by atoms with Gasteiger partial charge in [-0.05, 0) is 0 Å². The molecule has 4 aromatic heterocycles. The van der Waals surface area contributed by atoms with Gasteiger partial charge in [-0.2, -0.15) is 23.3 Å². The van der Waals surface area contributed by atoms with Crippen molar-refractivity contribution in [1.82, 2.24) is 39.5 Å². The molecule has 12 heteroatoms. The van der Waals surface area contributed by atoms with Gasteiger partial charge < -0.3 is 9.72 Å².